The van der Waals surface area contributed by atoms with Crippen LogP contribution in [0.2, 0.25) is 0 Å². The lowest BCUT2D eigenvalue weighted by molar-refractivity contribution is -0.129. The van der Waals surface area contributed by atoms with E-state index in [1.165, 1.54) is 4.57 Å². The van der Waals surface area contributed by atoms with Crippen LogP contribution in [0.5, 0.6) is 0 Å². The largest absolute Gasteiger partial charge is 0.339 e. The Kier molecular flexibility index (Phi) is 4.00. The van der Waals surface area contributed by atoms with E-state index in [-0.39, 0.29) is 5.91 Å². The van der Waals surface area contributed by atoms with Gasteiger partial charge >= 0.3 is 5.69 Å². The van der Waals surface area contributed by atoms with Gasteiger partial charge in [-0.05, 0) is 0 Å². The van der Waals surface area contributed by atoms with Crippen molar-refractivity contribution >= 4 is 23.0 Å². The number of hydrogen-bond acceptors (Lipinski definition) is 5. The molecule has 9 heteroatoms. The number of anilines is 1. The molecule has 0 aromatic carbocycles. The number of nitrogens with one attached hydrogen (secondary N) is 1. The Balaban J connectivity index is 2.10. The Morgan fingerprint density at radius 1 is 1.29 bits per heavy atom. The van der Waals surface area contributed by atoms with E-state index in [1.54, 1.807) is 29.5 Å². The van der Waals surface area contributed by atoms with Crippen LogP contribution in [-0.2, 0) is 18.4 Å². The highest BCUT2D eigenvalue weighted by Gasteiger charge is 2.25. The van der Waals surface area contributed by atoms with Crippen molar-refractivity contribution in [3.05, 3.63) is 33.5 Å². The minimum Gasteiger partial charge on any atom is -0.339 e. The summed E-state index contributed by atoms with van der Waals surface area (Å²) in [5, 5.41) is 0. The maximum absolute atomic E-state index is 12.2. The minimum atomic E-state index is -0.497. The quantitative estimate of drug-likeness (QED) is 0.748. The van der Waals surface area contributed by atoms with Gasteiger partial charge < -0.3 is 14.4 Å². The molecule has 1 amide bonds. The second-order valence-corrected chi connectivity index (χ2v) is 5.79. The highest BCUT2D eigenvalue weighted by molar-refractivity contribution is 5.75. The zero-order valence-electron chi connectivity index (χ0n) is 13.8. The molecule has 0 aliphatic carbocycles. The van der Waals surface area contributed by atoms with Gasteiger partial charge in [0, 0.05) is 46.7 Å². The van der Waals surface area contributed by atoms with Crippen LogP contribution in [0.4, 0.5) is 5.95 Å². The maximum Gasteiger partial charge on any atom is 0.329 e. The second kappa shape index (κ2) is 5.99. The summed E-state index contributed by atoms with van der Waals surface area (Å²) in [5.41, 5.74) is -0.268. The number of nitrogens with zero attached hydrogens (tertiary/aromatic N) is 5. The fourth-order valence-electron chi connectivity index (χ4n) is 2.99. The Bertz CT molecular complexity index is 914. The average Bonchev–Trinajstić information content (AvgIpc) is 2.93. The summed E-state index contributed by atoms with van der Waals surface area (Å²) < 4.78 is 3.08. The molecule has 2 aromatic heterocycles. The zero-order valence-corrected chi connectivity index (χ0v) is 13.8. The first-order chi connectivity index (χ1) is 11.4. The van der Waals surface area contributed by atoms with Gasteiger partial charge in [-0.25, -0.2) is 4.79 Å². The molecule has 0 unspecified atom stereocenters. The molecule has 0 atom stereocenters. The molecule has 0 saturated carbocycles. The van der Waals surface area contributed by atoms with Crippen molar-refractivity contribution in [1.82, 2.24) is 24.0 Å². The predicted molar refractivity (Wildman–Crippen MR) is 90.3 cm³/mol. The molecule has 1 aliphatic heterocycles. The third-order valence-electron chi connectivity index (χ3n) is 4.31. The number of imidazole rings is 1. The van der Waals surface area contributed by atoms with Gasteiger partial charge in [0.1, 0.15) is 0 Å². The molecule has 0 radical (unpaired) electrons. The van der Waals surface area contributed by atoms with Gasteiger partial charge in [-0.2, -0.15) is 4.98 Å². The van der Waals surface area contributed by atoms with E-state index in [9.17, 15) is 14.4 Å². The van der Waals surface area contributed by atoms with Crippen LogP contribution >= 0.6 is 0 Å². The summed E-state index contributed by atoms with van der Waals surface area (Å²) in [4.78, 5) is 46.2. The summed E-state index contributed by atoms with van der Waals surface area (Å²) in [5.74, 6) is 0.660. The Hall–Kier alpha value is -2.84. The molecular weight excluding hydrogens is 312 g/mol. The normalized spacial score (nSPS) is 15.1. The molecule has 24 heavy (non-hydrogen) atoms. The van der Waals surface area contributed by atoms with Crippen molar-refractivity contribution in [3.63, 3.8) is 0 Å². The number of allylic oxidation sites excluding steroid dienone is 1. The Morgan fingerprint density at radius 3 is 2.54 bits per heavy atom. The molecule has 0 bridgehead atoms. The number of piperazine rings is 1. The Labute approximate surface area is 137 Å². The molecule has 1 fully saturated rings. The van der Waals surface area contributed by atoms with Gasteiger partial charge in [0.2, 0.25) is 11.9 Å². The van der Waals surface area contributed by atoms with E-state index < -0.39 is 11.2 Å². The fraction of sp³-hybridized carbons (Fsp3) is 0.467. The van der Waals surface area contributed by atoms with Crippen LogP contribution in [0.1, 0.15) is 6.92 Å². The van der Waals surface area contributed by atoms with E-state index in [0.29, 0.717) is 49.8 Å². The summed E-state index contributed by atoms with van der Waals surface area (Å²) in [6, 6.07) is 0. The van der Waals surface area contributed by atoms with Gasteiger partial charge in [0.15, 0.2) is 11.2 Å². The number of carbonyl (C=O) groups excluding carboxylic acids is 1. The summed E-state index contributed by atoms with van der Waals surface area (Å²) in [6.45, 7) is 8.12. The van der Waals surface area contributed by atoms with Crippen molar-refractivity contribution in [2.45, 2.75) is 13.5 Å². The van der Waals surface area contributed by atoms with Crippen LogP contribution in [0.25, 0.3) is 11.2 Å². The van der Waals surface area contributed by atoms with Crippen LogP contribution in [0, 0.1) is 0 Å². The van der Waals surface area contributed by atoms with E-state index >= 15 is 0 Å². The third kappa shape index (κ3) is 2.51. The number of H-pyrrole nitrogens is 1. The molecule has 9 nitrogen and oxygen atoms in total. The molecular formula is C15H20N6O3. The van der Waals surface area contributed by atoms with Gasteiger partial charge in [0.25, 0.3) is 5.56 Å². The molecule has 3 rings (SSSR count). The Morgan fingerprint density at radius 2 is 1.96 bits per heavy atom. The summed E-state index contributed by atoms with van der Waals surface area (Å²) >= 11 is 0. The van der Waals surface area contributed by atoms with Gasteiger partial charge in [-0.1, -0.05) is 6.08 Å². The second-order valence-electron chi connectivity index (χ2n) is 5.79. The van der Waals surface area contributed by atoms with Gasteiger partial charge in [0.05, 0.1) is 0 Å². The van der Waals surface area contributed by atoms with E-state index in [1.807, 2.05) is 4.90 Å². The number of aryl methyl sites for hydroxylation is 1. The lowest BCUT2D eigenvalue weighted by atomic mass is 10.3. The lowest BCUT2D eigenvalue weighted by Gasteiger charge is -2.34. The number of fused-ring (bicyclic) bond motifs is 1. The number of aromatic amines is 1. The smallest absolute Gasteiger partial charge is 0.329 e. The first-order valence-corrected chi connectivity index (χ1v) is 7.75. The van der Waals surface area contributed by atoms with Crippen molar-refractivity contribution < 1.29 is 4.79 Å². The van der Waals surface area contributed by atoms with Gasteiger partial charge in [-0.3, -0.25) is 19.1 Å². The molecule has 1 saturated heterocycles. The monoisotopic (exact) mass is 332 g/mol. The molecule has 128 valence electrons. The highest BCUT2D eigenvalue weighted by atomic mass is 16.2. The predicted octanol–water partition coefficient (Wildman–Crippen LogP) is -0.722. The molecule has 2 aromatic rings. The molecule has 3 heterocycles. The SMILES string of the molecule is C=CCn1c(N2CCN(C(C)=O)CC2)nc2c1c(=O)[nH]c(=O)n2C. The number of aromatic nitrogens is 4. The van der Waals surface area contributed by atoms with Gasteiger partial charge in [-0.15, -0.1) is 6.58 Å². The first-order valence-electron chi connectivity index (χ1n) is 7.75. The van der Waals surface area contributed by atoms with Crippen LogP contribution in [0.3, 0.4) is 0 Å². The number of rotatable bonds is 3. The van der Waals surface area contributed by atoms with E-state index in [4.69, 9.17) is 0 Å². The standard InChI is InChI=1S/C15H20N6O3/c1-4-5-21-11-12(18(3)15(24)17-13(11)23)16-14(21)20-8-6-19(7-9-20)10(2)22/h4H,1,5-9H2,2-3H3,(H,17,23,24). The summed E-state index contributed by atoms with van der Waals surface area (Å²) in [7, 11) is 1.57. The summed E-state index contributed by atoms with van der Waals surface area (Å²) in [6.07, 6.45) is 1.68. The van der Waals surface area contributed by atoms with Crippen LogP contribution < -0.4 is 16.1 Å². The number of amides is 1. The topological polar surface area (TPSA) is 96.2 Å². The fourth-order valence-corrected chi connectivity index (χ4v) is 2.99. The van der Waals surface area contributed by atoms with Crippen molar-refractivity contribution in [1.29, 1.82) is 0 Å². The lowest BCUT2D eigenvalue weighted by Crippen LogP contribution is -2.48. The van der Waals surface area contributed by atoms with E-state index in [0.717, 1.165) is 0 Å². The van der Waals surface area contributed by atoms with Crippen molar-refractivity contribution in [3.8, 4) is 0 Å². The van der Waals surface area contributed by atoms with Crippen LogP contribution in [-0.4, -0.2) is 56.1 Å². The van der Waals surface area contributed by atoms with Crippen LogP contribution in [0.15, 0.2) is 22.2 Å². The van der Waals surface area contributed by atoms with E-state index in [2.05, 4.69) is 16.5 Å². The van der Waals surface area contributed by atoms with Crippen molar-refractivity contribution in [2.75, 3.05) is 31.1 Å². The third-order valence-corrected chi connectivity index (χ3v) is 4.31. The molecule has 0 spiro atoms. The molecule has 1 aliphatic rings. The highest BCUT2D eigenvalue weighted by Crippen LogP contribution is 2.20. The van der Waals surface area contributed by atoms with Crippen molar-refractivity contribution in [2.24, 2.45) is 7.05 Å². The zero-order chi connectivity index (χ0) is 17.4. The first kappa shape index (κ1) is 16.0. The number of carbonyl (C=O) groups is 1. The minimum absolute atomic E-state index is 0.0492. The number of hydrogen-bond donors (Lipinski definition) is 1. The molecule has 1 N–H and O–H groups in total. The average molecular weight is 332 g/mol. The maximum atomic E-state index is 12.2.